The van der Waals surface area contributed by atoms with Crippen LogP contribution in [0.1, 0.15) is 58.4 Å². The monoisotopic (exact) mass is 369 g/mol. The zero-order valence-electron chi connectivity index (χ0n) is 16.6. The van der Waals surface area contributed by atoms with Gasteiger partial charge in [0.1, 0.15) is 11.4 Å². The molecule has 1 unspecified atom stereocenters. The number of hydrogen-bond donors (Lipinski definition) is 1. The molecule has 0 aromatic heterocycles. The van der Waals surface area contributed by atoms with Crippen molar-refractivity contribution in [3.05, 3.63) is 52.4 Å². The van der Waals surface area contributed by atoms with E-state index >= 15 is 0 Å². The van der Waals surface area contributed by atoms with Crippen LogP contribution < -0.4 is 10.1 Å². The van der Waals surface area contributed by atoms with E-state index in [0.29, 0.717) is 17.6 Å². The molecular weight excluding hydrogens is 342 g/mol. The number of carbonyl (C=O) groups is 2. The number of allylic oxidation sites excluding steroid dienone is 3. The Morgan fingerprint density at radius 2 is 1.81 bits per heavy atom. The van der Waals surface area contributed by atoms with Crippen molar-refractivity contribution in [2.45, 2.75) is 58.5 Å². The number of carbonyl (C=O) groups excluding carboxylic acids is 2. The Balaban J connectivity index is 2.11. The molecule has 1 heterocycles. The Morgan fingerprint density at radius 1 is 1.15 bits per heavy atom. The van der Waals surface area contributed by atoms with Gasteiger partial charge in [0, 0.05) is 29.3 Å². The summed E-state index contributed by atoms with van der Waals surface area (Å²) in [5.74, 6) is 0.0163. The summed E-state index contributed by atoms with van der Waals surface area (Å²) in [4.78, 5) is 25.8. The first-order valence-corrected chi connectivity index (χ1v) is 9.32. The molecule has 1 aliphatic carbocycles. The second-order valence-electron chi connectivity index (χ2n) is 8.04. The lowest BCUT2D eigenvalue weighted by Crippen LogP contribution is -2.36. The number of rotatable bonds is 3. The molecule has 0 saturated heterocycles. The van der Waals surface area contributed by atoms with Crippen molar-refractivity contribution in [2.24, 2.45) is 0 Å². The number of Topliss-reactive ketones (excluding diaryl/α,β-unsaturated/α-hetero) is 1. The van der Waals surface area contributed by atoms with Crippen LogP contribution in [-0.4, -0.2) is 24.5 Å². The summed E-state index contributed by atoms with van der Waals surface area (Å²) in [7, 11) is 1.61. The summed E-state index contributed by atoms with van der Waals surface area (Å²) in [5.41, 5.74) is 3.15. The molecule has 0 saturated carbocycles. The van der Waals surface area contributed by atoms with E-state index in [9.17, 15) is 9.59 Å². The number of benzene rings is 1. The van der Waals surface area contributed by atoms with Gasteiger partial charge in [0.2, 0.25) is 0 Å². The summed E-state index contributed by atoms with van der Waals surface area (Å²) >= 11 is 0. The lowest BCUT2D eigenvalue weighted by Gasteiger charge is -2.35. The molecular formula is C22H27NO4. The van der Waals surface area contributed by atoms with E-state index in [1.807, 2.05) is 52.0 Å². The number of esters is 1. The number of dihydropyridines is 1. The van der Waals surface area contributed by atoms with Crippen LogP contribution in [0.2, 0.25) is 0 Å². The van der Waals surface area contributed by atoms with Gasteiger partial charge < -0.3 is 14.8 Å². The Morgan fingerprint density at radius 3 is 2.41 bits per heavy atom. The molecule has 0 spiro atoms. The Labute approximate surface area is 160 Å². The first kappa shape index (κ1) is 19.2. The van der Waals surface area contributed by atoms with E-state index < -0.39 is 17.5 Å². The predicted molar refractivity (Wildman–Crippen MR) is 103 cm³/mol. The summed E-state index contributed by atoms with van der Waals surface area (Å²) in [6.45, 7) is 7.40. The quantitative estimate of drug-likeness (QED) is 0.816. The fourth-order valence-corrected chi connectivity index (χ4v) is 3.72. The summed E-state index contributed by atoms with van der Waals surface area (Å²) < 4.78 is 10.9. The number of hydrogen-bond acceptors (Lipinski definition) is 5. The van der Waals surface area contributed by atoms with Crippen LogP contribution in [0.25, 0.3) is 0 Å². The Bertz CT molecular complexity index is 825. The van der Waals surface area contributed by atoms with E-state index in [4.69, 9.17) is 9.47 Å². The van der Waals surface area contributed by atoms with Gasteiger partial charge in [0.15, 0.2) is 5.78 Å². The van der Waals surface area contributed by atoms with Crippen molar-refractivity contribution in [1.29, 1.82) is 0 Å². The van der Waals surface area contributed by atoms with Gasteiger partial charge in [-0.2, -0.15) is 0 Å². The topological polar surface area (TPSA) is 64.6 Å². The minimum absolute atomic E-state index is 0.0955. The lowest BCUT2D eigenvalue weighted by atomic mass is 9.75. The largest absolute Gasteiger partial charge is 0.497 e. The van der Waals surface area contributed by atoms with Crippen molar-refractivity contribution < 1.29 is 19.1 Å². The number of nitrogens with one attached hydrogen (secondary N) is 1. The van der Waals surface area contributed by atoms with Crippen LogP contribution in [0.5, 0.6) is 5.75 Å². The molecule has 0 radical (unpaired) electrons. The van der Waals surface area contributed by atoms with Crippen LogP contribution in [0, 0.1) is 0 Å². The van der Waals surface area contributed by atoms with E-state index in [0.717, 1.165) is 35.5 Å². The molecule has 5 nitrogen and oxygen atoms in total. The molecule has 1 atom stereocenters. The molecule has 3 rings (SSSR count). The normalized spacial score (nSPS) is 20.2. The minimum Gasteiger partial charge on any atom is -0.497 e. The fourth-order valence-electron chi connectivity index (χ4n) is 3.72. The van der Waals surface area contributed by atoms with E-state index in [1.165, 1.54) is 0 Å². The third-order valence-corrected chi connectivity index (χ3v) is 4.84. The van der Waals surface area contributed by atoms with Gasteiger partial charge in [-0.05, 0) is 58.2 Å². The van der Waals surface area contributed by atoms with Crippen molar-refractivity contribution in [3.8, 4) is 5.75 Å². The van der Waals surface area contributed by atoms with Gasteiger partial charge in [-0.3, -0.25) is 4.79 Å². The smallest absolute Gasteiger partial charge is 0.337 e. The van der Waals surface area contributed by atoms with Crippen molar-refractivity contribution in [1.82, 2.24) is 5.32 Å². The average molecular weight is 369 g/mol. The maximum absolute atomic E-state index is 13.0. The first-order valence-electron chi connectivity index (χ1n) is 9.32. The molecule has 0 amide bonds. The maximum atomic E-state index is 13.0. The molecule has 144 valence electrons. The second-order valence-corrected chi connectivity index (χ2v) is 8.04. The third kappa shape index (κ3) is 3.92. The molecule has 1 aromatic rings. The Hall–Kier alpha value is -2.56. The highest BCUT2D eigenvalue weighted by atomic mass is 16.6. The average Bonchev–Trinajstić information content (AvgIpc) is 2.59. The number of ether oxygens (including phenoxy) is 2. The van der Waals surface area contributed by atoms with Crippen LogP contribution in [-0.2, 0) is 14.3 Å². The fraction of sp³-hybridized carbons (Fsp3) is 0.455. The zero-order chi connectivity index (χ0) is 19.8. The maximum Gasteiger partial charge on any atom is 0.337 e. The van der Waals surface area contributed by atoms with Gasteiger partial charge >= 0.3 is 5.97 Å². The van der Waals surface area contributed by atoms with Crippen LogP contribution in [0.15, 0.2) is 46.8 Å². The molecule has 1 aromatic carbocycles. The molecule has 0 fully saturated rings. The number of ketones is 1. The van der Waals surface area contributed by atoms with Gasteiger partial charge in [-0.1, -0.05) is 12.1 Å². The van der Waals surface area contributed by atoms with Crippen molar-refractivity contribution in [2.75, 3.05) is 7.11 Å². The van der Waals surface area contributed by atoms with Crippen LogP contribution in [0.4, 0.5) is 0 Å². The molecule has 2 aliphatic rings. The van der Waals surface area contributed by atoms with Crippen LogP contribution in [0.3, 0.4) is 0 Å². The molecule has 0 bridgehead atoms. The van der Waals surface area contributed by atoms with Crippen molar-refractivity contribution in [3.63, 3.8) is 0 Å². The molecule has 27 heavy (non-hydrogen) atoms. The molecule has 5 heteroatoms. The number of methoxy groups -OCH3 is 1. The highest BCUT2D eigenvalue weighted by molar-refractivity contribution is 6.03. The van der Waals surface area contributed by atoms with E-state index in [1.54, 1.807) is 7.11 Å². The summed E-state index contributed by atoms with van der Waals surface area (Å²) in [6, 6.07) is 7.54. The molecule has 1 N–H and O–H groups in total. The molecule has 1 aliphatic heterocycles. The second kappa shape index (κ2) is 7.22. The van der Waals surface area contributed by atoms with Crippen molar-refractivity contribution >= 4 is 11.8 Å². The minimum atomic E-state index is -0.611. The highest BCUT2D eigenvalue weighted by Crippen LogP contribution is 2.43. The van der Waals surface area contributed by atoms with Gasteiger partial charge in [0.25, 0.3) is 0 Å². The summed E-state index contributed by atoms with van der Waals surface area (Å²) in [5, 5.41) is 3.30. The Kier molecular flexibility index (Phi) is 5.13. The van der Waals surface area contributed by atoms with Gasteiger partial charge in [-0.25, -0.2) is 4.79 Å². The van der Waals surface area contributed by atoms with E-state index in [-0.39, 0.29) is 5.78 Å². The van der Waals surface area contributed by atoms with E-state index in [2.05, 4.69) is 5.32 Å². The first-order chi connectivity index (χ1) is 12.7. The standard InChI is InChI=1S/C22H27NO4/c1-13-18(21(25)27-22(2,3)4)19(14-9-11-15(26-5)12-10-14)20-16(23-13)7-6-8-17(20)24/h9-12,19,23H,6-8H2,1-5H3. The SMILES string of the molecule is COc1ccc(C2C(C(=O)OC(C)(C)C)=C(C)NC3=C2C(=O)CCC3)cc1. The highest BCUT2D eigenvalue weighted by Gasteiger charge is 2.39. The van der Waals surface area contributed by atoms with Gasteiger partial charge in [-0.15, -0.1) is 0 Å². The zero-order valence-corrected chi connectivity index (χ0v) is 16.6. The van der Waals surface area contributed by atoms with Gasteiger partial charge in [0.05, 0.1) is 12.7 Å². The summed E-state index contributed by atoms with van der Waals surface area (Å²) in [6.07, 6.45) is 2.15. The predicted octanol–water partition coefficient (Wildman–Crippen LogP) is 4.00. The third-order valence-electron chi connectivity index (χ3n) is 4.84. The van der Waals surface area contributed by atoms with Crippen LogP contribution >= 0.6 is 0 Å². The lowest BCUT2D eigenvalue weighted by molar-refractivity contribution is -0.150.